The van der Waals surface area contributed by atoms with Gasteiger partial charge < -0.3 is 14.7 Å². The van der Waals surface area contributed by atoms with Crippen LogP contribution in [0.5, 0.6) is 0 Å². The monoisotopic (exact) mass is 342 g/mol. The predicted octanol–water partition coefficient (Wildman–Crippen LogP) is 2.50. The maximum absolute atomic E-state index is 13.1. The number of hydrogen-bond donors (Lipinski definition) is 1. The summed E-state index contributed by atoms with van der Waals surface area (Å²) < 4.78 is 5.13. The number of methoxy groups -OCH3 is 1. The van der Waals surface area contributed by atoms with Crippen LogP contribution in [0.3, 0.4) is 0 Å². The number of piperidine rings is 1. The van der Waals surface area contributed by atoms with E-state index in [2.05, 4.69) is 4.98 Å². The van der Waals surface area contributed by atoms with Gasteiger partial charge in [0.2, 0.25) is 0 Å². The topological polar surface area (TPSA) is 79.7 Å². The number of likely N-dealkylation sites (tertiary alicyclic amines) is 1. The molecular formula is C19H22N2O4. The van der Waals surface area contributed by atoms with Crippen LogP contribution in [0.1, 0.15) is 28.9 Å². The van der Waals surface area contributed by atoms with Crippen molar-refractivity contribution >= 4 is 22.8 Å². The molecule has 1 N–H and O–H groups in total. The number of ether oxygens (including phenoxy) is 1. The number of aromatic nitrogens is 1. The lowest BCUT2D eigenvalue weighted by molar-refractivity contribution is -0.155. The van der Waals surface area contributed by atoms with Gasteiger partial charge >= 0.3 is 5.97 Å². The molecule has 0 spiro atoms. The molecule has 0 unspecified atom stereocenters. The van der Waals surface area contributed by atoms with Gasteiger partial charge in [0.1, 0.15) is 5.41 Å². The second-order valence-electron chi connectivity index (χ2n) is 6.68. The molecule has 1 amide bonds. The number of nitrogens with zero attached hydrogens (tertiary/aromatic N) is 2. The van der Waals surface area contributed by atoms with Crippen LogP contribution in [-0.2, 0) is 9.53 Å². The number of aliphatic carboxylic acids is 1. The zero-order chi connectivity index (χ0) is 18.0. The van der Waals surface area contributed by atoms with Crippen molar-refractivity contribution in [3.8, 4) is 0 Å². The molecule has 1 aliphatic heterocycles. The Morgan fingerprint density at radius 1 is 1.32 bits per heavy atom. The highest BCUT2D eigenvalue weighted by molar-refractivity contribution is 6.05. The molecule has 1 aliphatic rings. The molecule has 3 rings (SSSR count). The fraction of sp³-hybridized carbons (Fsp3) is 0.421. The van der Waals surface area contributed by atoms with Gasteiger partial charge in [-0.2, -0.15) is 0 Å². The minimum atomic E-state index is -1.05. The summed E-state index contributed by atoms with van der Waals surface area (Å²) in [5.74, 6) is -1.09. The molecule has 0 bridgehead atoms. The number of fused-ring (bicyclic) bond motifs is 1. The first-order valence-corrected chi connectivity index (χ1v) is 8.35. The quantitative estimate of drug-likeness (QED) is 0.923. The fourth-order valence-corrected chi connectivity index (χ4v) is 3.52. The van der Waals surface area contributed by atoms with Crippen LogP contribution in [0.25, 0.3) is 10.9 Å². The van der Waals surface area contributed by atoms with Crippen LogP contribution in [0.4, 0.5) is 0 Å². The third-order valence-electron chi connectivity index (χ3n) is 4.83. The molecule has 132 valence electrons. The summed E-state index contributed by atoms with van der Waals surface area (Å²) in [6, 6.07) is 9.35. The van der Waals surface area contributed by atoms with Gasteiger partial charge in [-0.1, -0.05) is 18.2 Å². The molecule has 0 radical (unpaired) electrons. The Labute approximate surface area is 146 Å². The van der Waals surface area contributed by atoms with Gasteiger partial charge in [0.15, 0.2) is 0 Å². The van der Waals surface area contributed by atoms with Gasteiger partial charge in [0.25, 0.3) is 5.91 Å². The van der Waals surface area contributed by atoms with Gasteiger partial charge in [-0.25, -0.2) is 0 Å². The third kappa shape index (κ3) is 3.22. The molecule has 1 atom stereocenters. The minimum absolute atomic E-state index is 0.0962. The van der Waals surface area contributed by atoms with Crippen molar-refractivity contribution in [1.29, 1.82) is 0 Å². The summed E-state index contributed by atoms with van der Waals surface area (Å²) in [6.45, 7) is 2.67. The Kier molecular flexibility index (Phi) is 4.72. The number of carbonyl (C=O) groups is 2. The van der Waals surface area contributed by atoms with Crippen LogP contribution < -0.4 is 0 Å². The number of para-hydroxylation sites is 1. The van der Waals surface area contributed by atoms with Crippen LogP contribution in [-0.4, -0.2) is 53.7 Å². The maximum atomic E-state index is 13.1. The number of rotatable bonds is 4. The average molecular weight is 342 g/mol. The second-order valence-corrected chi connectivity index (χ2v) is 6.68. The smallest absolute Gasteiger partial charge is 0.313 e. The van der Waals surface area contributed by atoms with E-state index in [0.29, 0.717) is 30.5 Å². The van der Waals surface area contributed by atoms with E-state index in [0.717, 1.165) is 11.1 Å². The van der Waals surface area contributed by atoms with Gasteiger partial charge in [-0.15, -0.1) is 0 Å². The summed E-state index contributed by atoms with van der Waals surface area (Å²) in [6.07, 6.45) is 1.14. The minimum Gasteiger partial charge on any atom is -0.481 e. The van der Waals surface area contributed by atoms with Crippen molar-refractivity contribution in [3.05, 3.63) is 41.6 Å². The lowest BCUT2D eigenvalue weighted by atomic mass is 9.80. The van der Waals surface area contributed by atoms with E-state index in [-0.39, 0.29) is 19.1 Å². The molecule has 0 saturated carbocycles. The normalized spacial score (nSPS) is 20.6. The predicted molar refractivity (Wildman–Crippen MR) is 93.6 cm³/mol. The molecule has 2 aromatic rings. The van der Waals surface area contributed by atoms with Crippen LogP contribution >= 0.6 is 0 Å². The summed E-state index contributed by atoms with van der Waals surface area (Å²) in [5.41, 5.74) is 0.965. The number of carboxylic acids is 1. The maximum Gasteiger partial charge on any atom is 0.313 e. The molecular weight excluding hydrogens is 320 g/mol. The molecule has 0 aliphatic carbocycles. The van der Waals surface area contributed by atoms with Crippen LogP contribution in [0.2, 0.25) is 0 Å². The van der Waals surface area contributed by atoms with E-state index in [1.165, 1.54) is 7.11 Å². The first-order valence-electron chi connectivity index (χ1n) is 8.35. The van der Waals surface area contributed by atoms with Gasteiger partial charge in [0, 0.05) is 31.3 Å². The standard InChI is InChI=1S/C19H22N2O4/c1-13-7-8-14-5-3-6-15(16(14)20-13)17(22)21-10-4-9-19(11-21,12-25-2)18(23)24/h3,5-8H,4,9-12H2,1-2H3,(H,23,24)/t19-/m0/s1. The van der Waals surface area contributed by atoms with Crippen LogP contribution in [0, 0.1) is 12.3 Å². The molecule has 25 heavy (non-hydrogen) atoms. The number of carbonyl (C=O) groups excluding carboxylic acids is 1. The summed E-state index contributed by atoms with van der Waals surface area (Å²) in [4.78, 5) is 31.0. The number of aryl methyl sites for hydroxylation is 1. The first kappa shape index (κ1) is 17.4. The van der Waals surface area contributed by atoms with Crippen LogP contribution in [0.15, 0.2) is 30.3 Å². The highest BCUT2D eigenvalue weighted by Crippen LogP contribution is 2.32. The molecule has 6 heteroatoms. The highest BCUT2D eigenvalue weighted by Gasteiger charge is 2.44. The van der Waals surface area contributed by atoms with E-state index in [4.69, 9.17) is 4.74 Å². The number of pyridine rings is 1. The van der Waals surface area contributed by atoms with E-state index < -0.39 is 11.4 Å². The van der Waals surface area contributed by atoms with Crippen molar-refractivity contribution in [2.24, 2.45) is 5.41 Å². The van der Waals surface area contributed by atoms with E-state index in [1.807, 2.05) is 31.2 Å². The lowest BCUT2D eigenvalue weighted by Gasteiger charge is -2.39. The highest BCUT2D eigenvalue weighted by atomic mass is 16.5. The Morgan fingerprint density at radius 2 is 2.12 bits per heavy atom. The number of hydrogen-bond acceptors (Lipinski definition) is 4. The number of benzene rings is 1. The van der Waals surface area contributed by atoms with E-state index >= 15 is 0 Å². The lowest BCUT2D eigenvalue weighted by Crippen LogP contribution is -2.52. The Balaban J connectivity index is 1.96. The number of amides is 1. The van der Waals surface area contributed by atoms with Crippen molar-refractivity contribution in [3.63, 3.8) is 0 Å². The van der Waals surface area contributed by atoms with E-state index in [9.17, 15) is 14.7 Å². The zero-order valence-electron chi connectivity index (χ0n) is 14.5. The van der Waals surface area contributed by atoms with Crippen molar-refractivity contribution in [2.45, 2.75) is 19.8 Å². The molecule has 6 nitrogen and oxygen atoms in total. The summed E-state index contributed by atoms with van der Waals surface area (Å²) in [5, 5.41) is 10.6. The Hall–Kier alpha value is -2.47. The molecule has 1 aromatic carbocycles. The second kappa shape index (κ2) is 6.80. The molecule has 1 aromatic heterocycles. The molecule has 1 saturated heterocycles. The Morgan fingerprint density at radius 3 is 2.84 bits per heavy atom. The van der Waals surface area contributed by atoms with Gasteiger partial charge in [-0.3, -0.25) is 14.6 Å². The van der Waals surface area contributed by atoms with E-state index in [1.54, 1.807) is 11.0 Å². The summed E-state index contributed by atoms with van der Waals surface area (Å²) >= 11 is 0. The summed E-state index contributed by atoms with van der Waals surface area (Å²) in [7, 11) is 1.49. The number of carboxylic acid groups (broad SMARTS) is 1. The fourth-order valence-electron chi connectivity index (χ4n) is 3.52. The Bertz CT molecular complexity index is 816. The SMILES string of the molecule is COC[C@]1(C(=O)O)CCCN(C(=O)c2cccc3ccc(C)nc23)C1. The largest absolute Gasteiger partial charge is 0.481 e. The van der Waals surface area contributed by atoms with Crippen molar-refractivity contribution in [1.82, 2.24) is 9.88 Å². The van der Waals surface area contributed by atoms with Gasteiger partial charge in [-0.05, 0) is 31.9 Å². The zero-order valence-corrected chi connectivity index (χ0v) is 14.5. The van der Waals surface area contributed by atoms with Gasteiger partial charge in [0.05, 0.1) is 17.7 Å². The van der Waals surface area contributed by atoms with Crippen molar-refractivity contribution in [2.75, 3.05) is 26.8 Å². The molecule has 1 fully saturated rings. The average Bonchev–Trinajstić information content (AvgIpc) is 2.61. The molecule has 2 heterocycles. The first-order chi connectivity index (χ1) is 12.0. The van der Waals surface area contributed by atoms with Crippen molar-refractivity contribution < 1.29 is 19.4 Å². The third-order valence-corrected chi connectivity index (χ3v) is 4.83.